The first kappa shape index (κ1) is 18.9. The van der Waals surface area contributed by atoms with Crippen LogP contribution in [-0.2, 0) is 0 Å². The molecule has 2 nitrogen and oxygen atoms in total. The fourth-order valence-corrected chi connectivity index (χ4v) is 7.36. The Hall–Kier alpha value is -4.35. The molecule has 36 heavy (non-hydrogen) atoms. The van der Waals surface area contributed by atoms with Crippen LogP contribution in [0.5, 0.6) is 0 Å². The molecule has 0 amide bonds. The molecule has 0 saturated carbocycles. The second-order valence-corrected chi connectivity index (χ2v) is 10.6. The van der Waals surface area contributed by atoms with Gasteiger partial charge in [-0.2, -0.15) is 0 Å². The predicted molar refractivity (Wildman–Crippen MR) is 145 cm³/mol. The van der Waals surface area contributed by atoms with Gasteiger partial charge in [0.05, 0.1) is 28.6 Å². The van der Waals surface area contributed by atoms with Gasteiger partial charge in [-0.15, -0.1) is 11.3 Å². The summed E-state index contributed by atoms with van der Waals surface area (Å²) in [5.74, 6) is -1.22. The Morgan fingerprint density at radius 3 is 1.72 bits per heavy atom. The first-order chi connectivity index (χ1) is 17.7. The fraction of sp³-hybridized carbons (Fsp3) is 0. The summed E-state index contributed by atoms with van der Waals surface area (Å²) in [7, 11) is 0. The lowest BCUT2D eigenvalue weighted by atomic mass is 9.90. The zero-order valence-corrected chi connectivity index (χ0v) is 19.5. The summed E-state index contributed by atoms with van der Waals surface area (Å²) in [6.07, 6.45) is 1.79. The number of rotatable bonds is 2. The van der Waals surface area contributed by atoms with Crippen molar-refractivity contribution >= 4 is 74.9 Å². The predicted octanol–water partition coefficient (Wildman–Crippen LogP) is 9.11. The highest BCUT2D eigenvalue weighted by Crippen LogP contribution is 2.52. The average Bonchev–Trinajstić information content (AvgIpc) is 3.44. The average molecular weight is 485 g/mol. The van der Waals surface area contributed by atoms with Crippen molar-refractivity contribution in [1.82, 2.24) is 9.55 Å². The van der Waals surface area contributed by atoms with Crippen LogP contribution >= 0.6 is 11.3 Å². The summed E-state index contributed by atoms with van der Waals surface area (Å²) >= 11 is 1.86. The van der Waals surface area contributed by atoms with Crippen molar-refractivity contribution in [2.75, 3.05) is 0 Å². The number of nitrogens with zero attached hydrogens (tertiary/aromatic N) is 2. The maximum absolute atomic E-state index is 13.8. The second kappa shape index (κ2) is 6.25. The minimum absolute atomic E-state index is 0.421. The highest BCUT2D eigenvalue weighted by atomic mass is 32.1. The molecule has 0 bridgehead atoms. The molecule has 3 heterocycles. The molecule has 5 heteroatoms. The molecule has 0 atom stereocenters. The van der Waals surface area contributed by atoms with E-state index in [1.54, 1.807) is 6.20 Å². The molecule has 3 aromatic heterocycles. The Morgan fingerprint density at radius 2 is 1.17 bits per heavy atom. The van der Waals surface area contributed by atoms with E-state index in [9.17, 15) is 8.78 Å². The standard InChI is InChI=1S/C31H14F2N2S/c32-18-11-17(12-19(33)13-18)21-6-5-20(14-34-21)35-22-7-1-15-3-9-24-30-26(15)28(22)29-23(35)8-2-16-4-10-25(36-24)31(30)27(16)29/h1-14H. The fourth-order valence-electron chi connectivity index (χ4n) is 6.24. The molecular weight excluding hydrogens is 470 g/mol. The molecule has 0 aliphatic carbocycles. The van der Waals surface area contributed by atoms with E-state index in [2.05, 4.69) is 58.1 Å². The quantitative estimate of drug-likeness (QED) is 0.177. The normalized spacial score (nSPS) is 12.7. The van der Waals surface area contributed by atoms with E-state index in [0.29, 0.717) is 11.3 Å². The second-order valence-electron chi connectivity index (χ2n) is 9.49. The van der Waals surface area contributed by atoms with Crippen LogP contribution in [0.25, 0.3) is 80.5 Å². The molecule has 0 radical (unpaired) electrons. The lowest BCUT2D eigenvalue weighted by Gasteiger charge is -2.11. The summed E-state index contributed by atoms with van der Waals surface area (Å²) < 4.78 is 32.5. The number of pyridine rings is 1. The first-order valence-corrected chi connectivity index (χ1v) is 12.6. The zero-order chi connectivity index (χ0) is 23.7. The van der Waals surface area contributed by atoms with Crippen molar-refractivity contribution in [2.24, 2.45) is 0 Å². The van der Waals surface area contributed by atoms with Crippen LogP contribution in [0.15, 0.2) is 85.1 Å². The van der Waals surface area contributed by atoms with Crippen molar-refractivity contribution in [3.63, 3.8) is 0 Å². The van der Waals surface area contributed by atoms with Crippen molar-refractivity contribution in [3.8, 4) is 16.9 Å². The van der Waals surface area contributed by atoms with Gasteiger partial charge in [0.25, 0.3) is 0 Å². The van der Waals surface area contributed by atoms with Crippen LogP contribution in [0.1, 0.15) is 0 Å². The van der Waals surface area contributed by atoms with E-state index in [4.69, 9.17) is 0 Å². The number of hydrogen-bond acceptors (Lipinski definition) is 2. The lowest BCUT2D eigenvalue weighted by Crippen LogP contribution is -1.96. The molecule has 0 aliphatic rings. The van der Waals surface area contributed by atoms with Gasteiger partial charge in [0.1, 0.15) is 11.6 Å². The first-order valence-electron chi connectivity index (χ1n) is 11.8. The molecule has 0 fully saturated rings. The molecular formula is C31H14F2N2S. The third kappa shape index (κ3) is 2.18. The Balaban J connectivity index is 1.40. The van der Waals surface area contributed by atoms with Gasteiger partial charge in [-0.3, -0.25) is 4.98 Å². The number of aromatic nitrogens is 2. The summed E-state index contributed by atoms with van der Waals surface area (Å²) in [5, 5.41) is 10.5. The Kier molecular flexibility index (Phi) is 3.28. The highest BCUT2D eigenvalue weighted by Gasteiger charge is 2.25. The van der Waals surface area contributed by atoms with Crippen LogP contribution < -0.4 is 0 Å². The number of benzene rings is 6. The largest absolute Gasteiger partial charge is 0.308 e. The number of hydrogen-bond donors (Lipinski definition) is 0. The van der Waals surface area contributed by atoms with E-state index in [1.165, 1.54) is 64.6 Å². The molecule has 9 aromatic rings. The van der Waals surface area contributed by atoms with Crippen molar-refractivity contribution in [1.29, 1.82) is 0 Å². The summed E-state index contributed by atoms with van der Waals surface area (Å²) in [4.78, 5) is 4.60. The van der Waals surface area contributed by atoms with Gasteiger partial charge >= 0.3 is 0 Å². The van der Waals surface area contributed by atoms with Crippen molar-refractivity contribution in [3.05, 3.63) is 96.7 Å². The van der Waals surface area contributed by atoms with Crippen molar-refractivity contribution < 1.29 is 8.78 Å². The SMILES string of the molecule is Fc1cc(F)cc(-c2ccc(-n3c4ccc5ccc6sc7ccc8ccc3c3c8c7c6c5c34)cn2)c1. The highest BCUT2D eigenvalue weighted by molar-refractivity contribution is 7.26. The zero-order valence-electron chi connectivity index (χ0n) is 18.6. The Bertz CT molecular complexity index is 2140. The topological polar surface area (TPSA) is 17.8 Å². The number of halogens is 2. The lowest BCUT2D eigenvalue weighted by molar-refractivity contribution is 0.584. The van der Waals surface area contributed by atoms with Crippen LogP contribution in [-0.4, -0.2) is 9.55 Å². The van der Waals surface area contributed by atoms with Crippen LogP contribution in [0.3, 0.4) is 0 Å². The van der Waals surface area contributed by atoms with Crippen molar-refractivity contribution in [2.45, 2.75) is 0 Å². The van der Waals surface area contributed by atoms with Gasteiger partial charge in [0.2, 0.25) is 0 Å². The van der Waals surface area contributed by atoms with Crippen LogP contribution in [0.4, 0.5) is 8.78 Å². The van der Waals surface area contributed by atoms with Gasteiger partial charge in [-0.05, 0) is 59.3 Å². The molecule has 0 spiro atoms. The maximum atomic E-state index is 13.8. The van der Waals surface area contributed by atoms with Gasteiger partial charge in [-0.25, -0.2) is 8.78 Å². The minimum atomic E-state index is -0.611. The Morgan fingerprint density at radius 1 is 0.583 bits per heavy atom. The summed E-state index contributed by atoms with van der Waals surface area (Å²) in [5.41, 5.74) is 4.14. The van der Waals surface area contributed by atoms with E-state index in [1.807, 2.05) is 23.5 Å². The maximum Gasteiger partial charge on any atom is 0.126 e. The molecule has 0 unspecified atom stereocenters. The van der Waals surface area contributed by atoms with E-state index < -0.39 is 11.6 Å². The molecule has 0 N–H and O–H groups in total. The van der Waals surface area contributed by atoms with Crippen LogP contribution in [0.2, 0.25) is 0 Å². The molecule has 0 saturated heterocycles. The molecule has 9 rings (SSSR count). The van der Waals surface area contributed by atoms with Gasteiger partial charge in [-0.1, -0.05) is 24.3 Å². The summed E-state index contributed by atoms with van der Waals surface area (Å²) in [6.45, 7) is 0. The van der Waals surface area contributed by atoms with Crippen LogP contribution in [0, 0.1) is 11.6 Å². The smallest absolute Gasteiger partial charge is 0.126 e. The minimum Gasteiger partial charge on any atom is -0.308 e. The molecule has 168 valence electrons. The number of thiophene rings is 1. The van der Waals surface area contributed by atoms with Gasteiger partial charge < -0.3 is 4.57 Å². The third-order valence-electron chi connectivity index (χ3n) is 7.62. The van der Waals surface area contributed by atoms with Gasteiger partial charge in [0.15, 0.2) is 0 Å². The monoisotopic (exact) mass is 484 g/mol. The van der Waals surface area contributed by atoms with E-state index >= 15 is 0 Å². The van der Waals surface area contributed by atoms with E-state index in [-0.39, 0.29) is 0 Å². The van der Waals surface area contributed by atoms with Gasteiger partial charge in [0, 0.05) is 53.3 Å². The Labute approximate surface area is 206 Å². The molecule has 6 aromatic carbocycles. The van der Waals surface area contributed by atoms with E-state index in [0.717, 1.165) is 22.8 Å². The third-order valence-corrected chi connectivity index (χ3v) is 8.74. The molecule has 0 aliphatic heterocycles. The summed E-state index contributed by atoms with van der Waals surface area (Å²) in [6, 6.07) is 25.1.